The predicted octanol–water partition coefficient (Wildman–Crippen LogP) is 4.03. The van der Waals surface area contributed by atoms with Gasteiger partial charge in [0.05, 0.1) is 0 Å². The van der Waals surface area contributed by atoms with Crippen molar-refractivity contribution in [3.8, 4) is 0 Å². The zero-order valence-electron chi connectivity index (χ0n) is 9.09. The molecule has 2 nitrogen and oxygen atoms in total. The lowest BCUT2D eigenvalue weighted by Gasteiger charge is -2.10. The molecule has 0 spiro atoms. The fourth-order valence-corrected chi connectivity index (χ4v) is 2.59. The molecule has 2 unspecified atom stereocenters. The molecule has 2 rings (SSSR count). The number of aromatic nitrogens is 2. The van der Waals surface area contributed by atoms with Crippen LogP contribution in [0.2, 0.25) is 10.3 Å². The average Bonchev–Trinajstić information content (AvgIpc) is 2.80. The van der Waals surface area contributed by atoms with Crippen LogP contribution >= 0.6 is 23.2 Å². The summed E-state index contributed by atoms with van der Waals surface area (Å²) < 4.78 is 0. The van der Waals surface area contributed by atoms with Crippen LogP contribution in [0.15, 0.2) is 0 Å². The van der Waals surface area contributed by atoms with Crippen LogP contribution in [0.5, 0.6) is 0 Å². The Bertz CT molecular complexity index is 367. The van der Waals surface area contributed by atoms with Crippen molar-refractivity contribution in [2.24, 2.45) is 5.92 Å². The quantitative estimate of drug-likeness (QED) is 0.735. The summed E-state index contributed by atoms with van der Waals surface area (Å²) in [5.74, 6) is 2.20. The van der Waals surface area contributed by atoms with Gasteiger partial charge in [-0.3, -0.25) is 0 Å². The highest BCUT2D eigenvalue weighted by Crippen LogP contribution is 2.46. The molecule has 0 aliphatic heterocycles. The van der Waals surface area contributed by atoms with Gasteiger partial charge in [0.2, 0.25) is 0 Å². The van der Waals surface area contributed by atoms with Crippen molar-refractivity contribution >= 4 is 23.2 Å². The second kappa shape index (κ2) is 3.91. The van der Waals surface area contributed by atoms with Crippen molar-refractivity contribution in [3.63, 3.8) is 0 Å². The van der Waals surface area contributed by atoms with Gasteiger partial charge in [-0.2, -0.15) is 0 Å². The summed E-state index contributed by atoms with van der Waals surface area (Å²) in [7, 11) is 0. The molecular formula is C11H14Cl2N2. The van der Waals surface area contributed by atoms with Crippen molar-refractivity contribution < 1.29 is 0 Å². The molecule has 4 heteroatoms. The molecule has 1 fully saturated rings. The van der Waals surface area contributed by atoms with E-state index < -0.39 is 0 Å². The molecular weight excluding hydrogens is 231 g/mol. The van der Waals surface area contributed by atoms with Crippen LogP contribution < -0.4 is 0 Å². The van der Waals surface area contributed by atoms with Crippen molar-refractivity contribution in [2.75, 3.05) is 0 Å². The SMILES string of the molecule is CC(C)c1c(Cl)nc(C2CC2C)nc1Cl. The third-order valence-corrected chi connectivity index (χ3v) is 3.46. The first-order chi connectivity index (χ1) is 7.00. The molecule has 1 aliphatic carbocycles. The van der Waals surface area contributed by atoms with E-state index in [1.165, 1.54) is 0 Å². The third kappa shape index (κ3) is 2.11. The molecule has 0 aromatic carbocycles. The molecule has 1 saturated carbocycles. The van der Waals surface area contributed by atoms with E-state index in [2.05, 4.69) is 16.9 Å². The van der Waals surface area contributed by atoms with E-state index in [-0.39, 0.29) is 5.92 Å². The Morgan fingerprint density at radius 3 is 2.00 bits per heavy atom. The summed E-state index contributed by atoms with van der Waals surface area (Å²) >= 11 is 12.2. The van der Waals surface area contributed by atoms with Crippen LogP contribution in [0.4, 0.5) is 0 Å². The van der Waals surface area contributed by atoms with Crippen LogP contribution in [0, 0.1) is 5.92 Å². The number of hydrogen-bond donors (Lipinski definition) is 0. The van der Waals surface area contributed by atoms with Crippen molar-refractivity contribution in [1.29, 1.82) is 0 Å². The Kier molecular flexibility index (Phi) is 2.91. The first kappa shape index (κ1) is 11.2. The first-order valence-electron chi connectivity index (χ1n) is 5.23. The van der Waals surface area contributed by atoms with Gasteiger partial charge in [-0.05, 0) is 18.3 Å². The molecule has 0 radical (unpaired) electrons. The fraction of sp³-hybridized carbons (Fsp3) is 0.636. The van der Waals surface area contributed by atoms with Crippen LogP contribution in [-0.4, -0.2) is 9.97 Å². The minimum Gasteiger partial charge on any atom is -0.220 e. The number of nitrogens with zero attached hydrogens (tertiary/aromatic N) is 2. The Balaban J connectivity index is 2.39. The van der Waals surface area contributed by atoms with Crippen LogP contribution in [-0.2, 0) is 0 Å². The van der Waals surface area contributed by atoms with Gasteiger partial charge >= 0.3 is 0 Å². The normalized spacial score (nSPS) is 24.7. The summed E-state index contributed by atoms with van der Waals surface area (Å²) in [4.78, 5) is 8.68. The van der Waals surface area contributed by atoms with E-state index in [0.717, 1.165) is 17.8 Å². The number of halogens is 2. The fourth-order valence-electron chi connectivity index (χ4n) is 1.76. The topological polar surface area (TPSA) is 25.8 Å². The largest absolute Gasteiger partial charge is 0.220 e. The molecule has 2 atom stereocenters. The number of hydrogen-bond acceptors (Lipinski definition) is 2. The van der Waals surface area contributed by atoms with Gasteiger partial charge in [0, 0.05) is 11.5 Å². The lowest BCUT2D eigenvalue weighted by Crippen LogP contribution is -2.01. The Labute approximate surface area is 100 Å². The van der Waals surface area contributed by atoms with Crippen LogP contribution in [0.3, 0.4) is 0 Å². The van der Waals surface area contributed by atoms with Crippen LogP contribution in [0.25, 0.3) is 0 Å². The molecule has 0 bridgehead atoms. The lowest BCUT2D eigenvalue weighted by molar-refractivity contribution is 0.802. The number of rotatable bonds is 2. The summed E-state index contributed by atoms with van der Waals surface area (Å²) in [5, 5.41) is 1.03. The van der Waals surface area contributed by atoms with Gasteiger partial charge in [0.25, 0.3) is 0 Å². The maximum Gasteiger partial charge on any atom is 0.137 e. The molecule has 0 N–H and O–H groups in total. The monoisotopic (exact) mass is 244 g/mol. The first-order valence-corrected chi connectivity index (χ1v) is 5.99. The molecule has 1 aromatic rings. The van der Waals surface area contributed by atoms with Crippen molar-refractivity contribution in [3.05, 3.63) is 21.7 Å². The van der Waals surface area contributed by atoms with Gasteiger partial charge in [-0.15, -0.1) is 0 Å². The highest BCUT2D eigenvalue weighted by molar-refractivity contribution is 6.34. The minimum atomic E-state index is 0.260. The summed E-state index contributed by atoms with van der Waals surface area (Å²) in [6, 6.07) is 0. The van der Waals surface area contributed by atoms with E-state index in [0.29, 0.717) is 22.1 Å². The van der Waals surface area contributed by atoms with Gasteiger partial charge in [-0.25, -0.2) is 9.97 Å². The maximum atomic E-state index is 6.11. The summed E-state index contributed by atoms with van der Waals surface area (Å²) in [6.07, 6.45) is 1.15. The average molecular weight is 245 g/mol. The van der Waals surface area contributed by atoms with E-state index >= 15 is 0 Å². The molecule has 0 saturated heterocycles. The van der Waals surface area contributed by atoms with E-state index in [4.69, 9.17) is 23.2 Å². The molecule has 1 aromatic heterocycles. The van der Waals surface area contributed by atoms with Gasteiger partial charge in [-0.1, -0.05) is 44.0 Å². The second-order valence-corrected chi connectivity index (χ2v) is 5.27. The molecule has 15 heavy (non-hydrogen) atoms. The van der Waals surface area contributed by atoms with Crippen molar-refractivity contribution in [2.45, 2.75) is 39.0 Å². The van der Waals surface area contributed by atoms with Crippen molar-refractivity contribution in [1.82, 2.24) is 9.97 Å². The highest BCUT2D eigenvalue weighted by Gasteiger charge is 2.37. The van der Waals surface area contributed by atoms with E-state index in [9.17, 15) is 0 Å². The predicted molar refractivity (Wildman–Crippen MR) is 62.7 cm³/mol. The second-order valence-electron chi connectivity index (χ2n) is 4.55. The summed E-state index contributed by atoms with van der Waals surface area (Å²) in [5.41, 5.74) is 0.857. The molecule has 0 amide bonds. The van der Waals surface area contributed by atoms with E-state index in [1.54, 1.807) is 0 Å². The van der Waals surface area contributed by atoms with Crippen LogP contribution in [0.1, 0.15) is 50.4 Å². The third-order valence-electron chi connectivity index (χ3n) is 2.89. The standard InChI is InChI=1S/C11H14Cl2N2/c1-5(2)8-9(12)14-11(15-10(8)13)7-4-6(7)3/h5-7H,4H2,1-3H3. The molecule has 82 valence electrons. The van der Waals surface area contributed by atoms with Gasteiger partial charge in [0.1, 0.15) is 16.1 Å². The van der Waals surface area contributed by atoms with E-state index in [1.807, 2.05) is 13.8 Å². The maximum absolute atomic E-state index is 6.11. The Hall–Kier alpha value is -0.340. The lowest BCUT2D eigenvalue weighted by atomic mass is 10.1. The highest BCUT2D eigenvalue weighted by atomic mass is 35.5. The smallest absolute Gasteiger partial charge is 0.137 e. The molecule has 1 aliphatic rings. The Morgan fingerprint density at radius 2 is 1.67 bits per heavy atom. The zero-order valence-corrected chi connectivity index (χ0v) is 10.6. The Morgan fingerprint density at radius 1 is 1.20 bits per heavy atom. The molecule has 1 heterocycles. The summed E-state index contributed by atoms with van der Waals surface area (Å²) in [6.45, 7) is 6.26. The van der Waals surface area contributed by atoms with Gasteiger partial charge < -0.3 is 0 Å². The minimum absolute atomic E-state index is 0.260. The zero-order chi connectivity index (χ0) is 11.2. The van der Waals surface area contributed by atoms with Gasteiger partial charge in [0.15, 0.2) is 0 Å².